The number of amides is 1. The maximum Gasteiger partial charge on any atom is 0.259 e. The Morgan fingerprint density at radius 2 is 2.27 bits per heavy atom. The van der Waals surface area contributed by atoms with Crippen LogP contribution in [-0.4, -0.2) is 10.9 Å². The first-order valence-electron chi connectivity index (χ1n) is 4.50. The van der Waals surface area contributed by atoms with Crippen LogP contribution in [0.25, 0.3) is 10.6 Å². The monoisotopic (exact) mass is 218 g/mol. The number of pyridine rings is 1. The molecule has 0 fully saturated rings. The van der Waals surface area contributed by atoms with Crippen LogP contribution in [0, 0.1) is 6.92 Å². The number of aromatic nitrogens is 1. The molecule has 2 aromatic rings. The Hall–Kier alpha value is -1.68. The molecular weight excluding hydrogens is 208 g/mol. The van der Waals surface area contributed by atoms with Gasteiger partial charge in [-0.25, -0.2) is 0 Å². The smallest absolute Gasteiger partial charge is 0.259 e. The number of carbonyl (C=O) groups excluding carboxylic acids is 1. The van der Waals surface area contributed by atoms with E-state index < -0.39 is 0 Å². The summed E-state index contributed by atoms with van der Waals surface area (Å²) in [4.78, 5) is 16.9. The zero-order valence-corrected chi connectivity index (χ0v) is 9.04. The third-order valence-electron chi connectivity index (χ3n) is 2.06. The molecule has 0 radical (unpaired) electrons. The lowest BCUT2D eigenvalue weighted by molar-refractivity contribution is 0.100. The number of hydrogen-bond donors (Lipinski definition) is 1. The minimum atomic E-state index is -0.375. The summed E-state index contributed by atoms with van der Waals surface area (Å²) in [6, 6.07) is 7.63. The van der Waals surface area contributed by atoms with Gasteiger partial charge in [-0.2, -0.15) is 0 Å². The molecule has 2 aromatic heterocycles. The SMILES string of the molecule is Cc1cc(-c2ccccn2)sc1C(N)=O. The lowest BCUT2D eigenvalue weighted by Crippen LogP contribution is -2.09. The first-order valence-corrected chi connectivity index (χ1v) is 5.32. The van der Waals surface area contributed by atoms with E-state index in [1.54, 1.807) is 6.20 Å². The number of carbonyl (C=O) groups is 1. The van der Waals surface area contributed by atoms with Crippen molar-refractivity contribution in [1.29, 1.82) is 0 Å². The molecule has 0 aliphatic heterocycles. The fraction of sp³-hybridized carbons (Fsp3) is 0.0909. The van der Waals surface area contributed by atoms with Gasteiger partial charge in [0.05, 0.1) is 15.4 Å². The highest BCUT2D eigenvalue weighted by molar-refractivity contribution is 7.17. The molecule has 4 heteroatoms. The standard InChI is InChI=1S/C11H10N2OS/c1-7-6-9(15-10(7)11(12)14)8-4-2-3-5-13-8/h2-6H,1H3,(H2,12,14). The van der Waals surface area contributed by atoms with Crippen molar-refractivity contribution >= 4 is 17.2 Å². The van der Waals surface area contributed by atoms with Crippen LogP contribution in [0.3, 0.4) is 0 Å². The van der Waals surface area contributed by atoms with Crippen molar-refractivity contribution in [1.82, 2.24) is 4.98 Å². The van der Waals surface area contributed by atoms with E-state index in [0.717, 1.165) is 16.1 Å². The van der Waals surface area contributed by atoms with Crippen LogP contribution in [-0.2, 0) is 0 Å². The topological polar surface area (TPSA) is 56.0 Å². The minimum Gasteiger partial charge on any atom is -0.365 e. The van der Waals surface area contributed by atoms with Gasteiger partial charge >= 0.3 is 0 Å². The summed E-state index contributed by atoms with van der Waals surface area (Å²) in [5, 5.41) is 0. The molecule has 3 nitrogen and oxygen atoms in total. The summed E-state index contributed by atoms with van der Waals surface area (Å²) in [7, 11) is 0. The van der Waals surface area contributed by atoms with Crippen molar-refractivity contribution < 1.29 is 4.79 Å². The summed E-state index contributed by atoms with van der Waals surface area (Å²) in [6.07, 6.45) is 1.73. The number of hydrogen-bond acceptors (Lipinski definition) is 3. The zero-order chi connectivity index (χ0) is 10.8. The van der Waals surface area contributed by atoms with Crippen LogP contribution in [0.5, 0.6) is 0 Å². The molecule has 0 aliphatic carbocycles. The average molecular weight is 218 g/mol. The van der Waals surface area contributed by atoms with Gasteiger partial charge < -0.3 is 5.73 Å². The van der Waals surface area contributed by atoms with Crippen LogP contribution in [0.2, 0.25) is 0 Å². The Morgan fingerprint density at radius 1 is 1.47 bits per heavy atom. The highest BCUT2D eigenvalue weighted by Gasteiger charge is 2.11. The quantitative estimate of drug-likeness (QED) is 0.840. The van der Waals surface area contributed by atoms with E-state index in [-0.39, 0.29) is 5.91 Å². The van der Waals surface area contributed by atoms with Gasteiger partial charge in [-0.1, -0.05) is 6.07 Å². The Morgan fingerprint density at radius 3 is 2.80 bits per heavy atom. The summed E-state index contributed by atoms with van der Waals surface area (Å²) in [5.41, 5.74) is 7.04. The summed E-state index contributed by atoms with van der Waals surface area (Å²) >= 11 is 1.38. The van der Waals surface area contributed by atoms with Crippen molar-refractivity contribution in [2.45, 2.75) is 6.92 Å². The molecule has 0 unspecified atom stereocenters. The third kappa shape index (κ3) is 1.89. The molecule has 76 valence electrons. The van der Waals surface area contributed by atoms with Crippen LogP contribution in [0.15, 0.2) is 30.5 Å². The van der Waals surface area contributed by atoms with E-state index in [4.69, 9.17) is 5.73 Å². The lowest BCUT2D eigenvalue weighted by Gasteiger charge is -1.93. The second kappa shape index (κ2) is 3.82. The van der Waals surface area contributed by atoms with Crippen molar-refractivity contribution in [2.24, 2.45) is 5.73 Å². The molecule has 2 rings (SSSR count). The van der Waals surface area contributed by atoms with Crippen molar-refractivity contribution in [2.75, 3.05) is 0 Å². The van der Waals surface area contributed by atoms with Gasteiger partial charge in [0, 0.05) is 6.20 Å². The van der Waals surface area contributed by atoms with Gasteiger partial charge in [0.15, 0.2) is 0 Å². The average Bonchev–Trinajstić information content (AvgIpc) is 2.62. The van der Waals surface area contributed by atoms with E-state index in [1.165, 1.54) is 11.3 Å². The summed E-state index contributed by atoms with van der Waals surface area (Å²) in [5.74, 6) is -0.375. The number of nitrogens with zero attached hydrogens (tertiary/aromatic N) is 1. The number of rotatable bonds is 2. The Labute approximate surface area is 91.6 Å². The van der Waals surface area contributed by atoms with Crippen LogP contribution in [0.1, 0.15) is 15.2 Å². The van der Waals surface area contributed by atoms with Gasteiger partial charge in [-0.05, 0) is 30.7 Å². The molecule has 0 aromatic carbocycles. The van der Waals surface area contributed by atoms with Crippen LogP contribution >= 0.6 is 11.3 Å². The largest absolute Gasteiger partial charge is 0.365 e. The number of primary amides is 1. The predicted octanol–water partition coefficient (Wildman–Crippen LogP) is 2.22. The number of thiophene rings is 1. The Balaban J connectivity index is 2.48. The molecule has 0 spiro atoms. The molecule has 0 atom stereocenters. The van der Waals surface area contributed by atoms with Gasteiger partial charge in [-0.3, -0.25) is 9.78 Å². The molecule has 0 saturated heterocycles. The molecule has 2 N–H and O–H groups in total. The third-order valence-corrected chi connectivity index (χ3v) is 3.33. The summed E-state index contributed by atoms with van der Waals surface area (Å²) < 4.78 is 0. The fourth-order valence-corrected chi connectivity index (χ4v) is 2.36. The molecule has 2 heterocycles. The maximum atomic E-state index is 11.1. The second-order valence-electron chi connectivity index (χ2n) is 3.20. The van der Waals surface area contributed by atoms with Gasteiger partial charge in [0.2, 0.25) is 0 Å². The first kappa shape index (κ1) is 9.86. The highest BCUT2D eigenvalue weighted by Crippen LogP contribution is 2.29. The van der Waals surface area contributed by atoms with Gasteiger partial charge in [-0.15, -0.1) is 11.3 Å². The van der Waals surface area contributed by atoms with Gasteiger partial charge in [0.25, 0.3) is 5.91 Å². The van der Waals surface area contributed by atoms with Crippen LogP contribution in [0.4, 0.5) is 0 Å². The number of aryl methyl sites for hydroxylation is 1. The second-order valence-corrected chi connectivity index (χ2v) is 4.25. The van der Waals surface area contributed by atoms with E-state index in [2.05, 4.69) is 4.98 Å². The van der Waals surface area contributed by atoms with Crippen molar-refractivity contribution in [3.8, 4) is 10.6 Å². The normalized spacial score (nSPS) is 10.2. The predicted molar refractivity (Wildman–Crippen MR) is 60.8 cm³/mol. The molecule has 1 amide bonds. The maximum absolute atomic E-state index is 11.1. The van der Waals surface area contributed by atoms with Crippen LogP contribution < -0.4 is 5.73 Å². The Kier molecular flexibility index (Phi) is 2.51. The highest BCUT2D eigenvalue weighted by atomic mass is 32.1. The van der Waals surface area contributed by atoms with E-state index in [1.807, 2.05) is 31.2 Å². The molecular formula is C11H10N2OS. The molecule has 0 saturated carbocycles. The molecule has 0 aliphatic rings. The van der Waals surface area contributed by atoms with Crippen molar-refractivity contribution in [3.05, 3.63) is 40.9 Å². The zero-order valence-electron chi connectivity index (χ0n) is 8.23. The minimum absolute atomic E-state index is 0.375. The van der Waals surface area contributed by atoms with E-state index >= 15 is 0 Å². The Bertz CT molecular complexity index is 491. The fourth-order valence-electron chi connectivity index (χ4n) is 1.36. The number of nitrogens with two attached hydrogens (primary N) is 1. The summed E-state index contributed by atoms with van der Waals surface area (Å²) in [6.45, 7) is 1.88. The molecule has 15 heavy (non-hydrogen) atoms. The van der Waals surface area contributed by atoms with E-state index in [0.29, 0.717) is 4.88 Å². The first-order chi connectivity index (χ1) is 7.18. The lowest BCUT2D eigenvalue weighted by atomic mass is 10.2. The van der Waals surface area contributed by atoms with Crippen molar-refractivity contribution in [3.63, 3.8) is 0 Å². The molecule has 0 bridgehead atoms. The van der Waals surface area contributed by atoms with E-state index in [9.17, 15) is 4.79 Å². The van der Waals surface area contributed by atoms with Gasteiger partial charge in [0.1, 0.15) is 0 Å².